The third kappa shape index (κ3) is 3.03. The molecule has 0 fully saturated rings. The van der Waals surface area contributed by atoms with E-state index in [1.54, 1.807) is 37.3 Å². The second-order valence-corrected chi connectivity index (χ2v) is 4.09. The molecule has 0 bridgehead atoms. The third-order valence-electron chi connectivity index (χ3n) is 2.70. The standard InChI is InChI=1S/C14H14N2O4/c1-2-20-12(17)8-15-14(19)11-7-9-5-3-4-6-10(9)13(18)16-11/h3-7H,2,8H2,1H3,(H,15,19)(H,16,18). The van der Waals surface area contributed by atoms with Crippen LogP contribution in [0.15, 0.2) is 35.1 Å². The Labute approximate surface area is 114 Å². The molecule has 2 N–H and O–H groups in total. The van der Waals surface area contributed by atoms with Crippen LogP contribution in [-0.2, 0) is 9.53 Å². The van der Waals surface area contributed by atoms with Gasteiger partial charge in [0.25, 0.3) is 11.5 Å². The fraction of sp³-hybridized carbons (Fsp3) is 0.214. The van der Waals surface area contributed by atoms with Crippen molar-refractivity contribution in [3.63, 3.8) is 0 Å². The third-order valence-corrected chi connectivity index (χ3v) is 2.70. The number of hydrogen-bond acceptors (Lipinski definition) is 4. The Morgan fingerprint density at radius 1 is 1.30 bits per heavy atom. The SMILES string of the molecule is CCOC(=O)CNC(=O)c1cc2ccccc2c(=O)[nH]1. The lowest BCUT2D eigenvalue weighted by atomic mass is 10.1. The zero-order valence-electron chi connectivity index (χ0n) is 10.9. The van der Waals surface area contributed by atoms with Crippen molar-refractivity contribution in [2.75, 3.05) is 13.2 Å². The van der Waals surface area contributed by atoms with E-state index in [4.69, 9.17) is 4.74 Å². The van der Waals surface area contributed by atoms with Crippen molar-refractivity contribution < 1.29 is 14.3 Å². The van der Waals surface area contributed by atoms with Gasteiger partial charge in [-0.05, 0) is 24.4 Å². The van der Waals surface area contributed by atoms with Gasteiger partial charge in [-0.15, -0.1) is 0 Å². The maximum absolute atomic E-state index is 11.9. The number of aromatic amines is 1. The van der Waals surface area contributed by atoms with Crippen LogP contribution < -0.4 is 10.9 Å². The number of hydrogen-bond donors (Lipinski definition) is 2. The summed E-state index contributed by atoms with van der Waals surface area (Å²) in [5.74, 6) is -1.05. The number of nitrogens with one attached hydrogen (secondary N) is 2. The van der Waals surface area contributed by atoms with E-state index < -0.39 is 11.9 Å². The lowest BCUT2D eigenvalue weighted by molar-refractivity contribution is -0.141. The normalized spacial score (nSPS) is 10.2. The molecule has 0 saturated heterocycles. The molecule has 1 aromatic heterocycles. The summed E-state index contributed by atoms with van der Waals surface area (Å²) < 4.78 is 4.70. The van der Waals surface area contributed by atoms with Gasteiger partial charge in [0.2, 0.25) is 0 Å². The molecule has 0 saturated carbocycles. The van der Waals surface area contributed by atoms with Crippen LogP contribution in [0.1, 0.15) is 17.4 Å². The van der Waals surface area contributed by atoms with Crippen LogP contribution in [-0.4, -0.2) is 30.0 Å². The van der Waals surface area contributed by atoms with Crippen LogP contribution in [0.25, 0.3) is 10.8 Å². The Morgan fingerprint density at radius 2 is 2.05 bits per heavy atom. The summed E-state index contributed by atoms with van der Waals surface area (Å²) in [5.41, 5.74) is -0.234. The molecule has 6 heteroatoms. The zero-order chi connectivity index (χ0) is 14.5. The number of pyridine rings is 1. The molecule has 20 heavy (non-hydrogen) atoms. The fourth-order valence-electron chi connectivity index (χ4n) is 1.79. The predicted molar refractivity (Wildman–Crippen MR) is 73.5 cm³/mol. The zero-order valence-corrected chi connectivity index (χ0v) is 10.9. The Morgan fingerprint density at radius 3 is 2.80 bits per heavy atom. The number of ether oxygens (including phenoxy) is 1. The molecule has 0 aliphatic carbocycles. The number of rotatable bonds is 4. The minimum atomic E-state index is -0.527. The van der Waals surface area contributed by atoms with E-state index in [1.807, 2.05) is 0 Å². The van der Waals surface area contributed by atoms with Gasteiger partial charge in [0.05, 0.1) is 6.61 Å². The number of esters is 1. The number of fused-ring (bicyclic) bond motifs is 1. The van der Waals surface area contributed by atoms with E-state index in [2.05, 4.69) is 10.3 Å². The Balaban J connectivity index is 2.18. The first-order valence-electron chi connectivity index (χ1n) is 6.17. The summed E-state index contributed by atoms with van der Waals surface area (Å²) in [5, 5.41) is 3.56. The molecule has 104 valence electrons. The van der Waals surface area contributed by atoms with Crippen molar-refractivity contribution in [3.05, 3.63) is 46.4 Å². The maximum atomic E-state index is 11.9. The minimum Gasteiger partial charge on any atom is -0.465 e. The number of aromatic nitrogens is 1. The van der Waals surface area contributed by atoms with Gasteiger partial charge in [0, 0.05) is 5.39 Å². The molecule has 6 nitrogen and oxygen atoms in total. The van der Waals surface area contributed by atoms with Crippen molar-refractivity contribution in [2.45, 2.75) is 6.92 Å². The predicted octanol–water partition coefficient (Wildman–Crippen LogP) is 0.821. The molecule has 0 aliphatic heterocycles. The highest BCUT2D eigenvalue weighted by atomic mass is 16.5. The van der Waals surface area contributed by atoms with Gasteiger partial charge in [-0.3, -0.25) is 14.4 Å². The quantitative estimate of drug-likeness (QED) is 0.808. The van der Waals surface area contributed by atoms with Crippen LogP contribution >= 0.6 is 0 Å². The molecule has 0 unspecified atom stereocenters. The van der Waals surface area contributed by atoms with Gasteiger partial charge in [-0.25, -0.2) is 0 Å². The van der Waals surface area contributed by atoms with Gasteiger partial charge in [-0.1, -0.05) is 18.2 Å². The first kappa shape index (κ1) is 13.8. The molecule has 1 aromatic carbocycles. The monoisotopic (exact) mass is 274 g/mol. The summed E-state index contributed by atoms with van der Waals surface area (Å²) in [6, 6.07) is 8.51. The summed E-state index contributed by atoms with van der Waals surface area (Å²) in [6.45, 7) is 1.70. The smallest absolute Gasteiger partial charge is 0.325 e. The van der Waals surface area contributed by atoms with Gasteiger partial charge in [0.15, 0.2) is 0 Å². The van der Waals surface area contributed by atoms with Gasteiger partial charge in [0.1, 0.15) is 12.2 Å². The Hall–Kier alpha value is -2.63. The molecular weight excluding hydrogens is 260 g/mol. The molecule has 0 radical (unpaired) electrons. The highest BCUT2D eigenvalue weighted by Gasteiger charge is 2.11. The highest BCUT2D eigenvalue weighted by Crippen LogP contribution is 2.09. The van der Waals surface area contributed by atoms with Crippen molar-refractivity contribution in [2.24, 2.45) is 0 Å². The average Bonchev–Trinajstić information content (AvgIpc) is 2.45. The second kappa shape index (κ2) is 6.01. The van der Waals surface area contributed by atoms with E-state index in [-0.39, 0.29) is 24.4 Å². The van der Waals surface area contributed by atoms with E-state index in [0.717, 1.165) is 0 Å². The number of H-pyrrole nitrogens is 1. The van der Waals surface area contributed by atoms with Gasteiger partial charge in [-0.2, -0.15) is 0 Å². The van der Waals surface area contributed by atoms with Crippen LogP contribution in [0.3, 0.4) is 0 Å². The molecule has 1 heterocycles. The summed E-state index contributed by atoms with van der Waals surface area (Å²) in [7, 11) is 0. The van der Waals surface area contributed by atoms with Crippen molar-refractivity contribution in [1.29, 1.82) is 0 Å². The first-order chi connectivity index (χ1) is 9.61. The van der Waals surface area contributed by atoms with E-state index in [9.17, 15) is 14.4 Å². The molecule has 2 rings (SSSR count). The molecular formula is C14H14N2O4. The Kier molecular flexibility index (Phi) is 4.14. The summed E-state index contributed by atoms with van der Waals surface area (Å²) in [4.78, 5) is 37.3. The number of amides is 1. The lowest BCUT2D eigenvalue weighted by Crippen LogP contribution is -2.32. The first-order valence-corrected chi connectivity index (χ1v) is 6.17. The summed E-state index contributed by atoms with van der Waals surface area (Å²) >= 11 is 0. The van der Waals surface area contributed by atoms with Crippen molar-refractivity contribution >= 4 is 22.6 Å². The van der Waals surface area contributed by atoms with Crippen LogP contribution in [0, 0.1) is 0 Å². The van der Waals surface area contributed by atoms with Gasteiger partial charge < -0.3 is 15.0 Å². The fourth-order valence-corrected chi connectivity index (χ4v) is 1.79. The number of carbonyl (C=O) groups is 2. The van der Waals surface area contributed by atoms with Crippen LogP contribution in [0.2, 0.25) is 0 Å². The highest BCUT2D eigenvalue weighted by molar-refractivity contribution is 5.97. The largest absolute Gasteiger partial charge is 0.465 e. The molecule has 0 aliphatic rings. The second-order valence-electron chi connectivity index (χ2n) is 4.09. The average molecular weight is 274 g/mol. The van der Waals surface area contributed by atoms with E-state index in [1.165, 1.54) is 0 Å². The summed E-state index contributed by atoms with van der Waals surface area (Å²) in [6.07, 6.45) is 0. The van der Waals surface area contributed by atoms with Crippen molar-refractivity contribution in [1.82, 2.24) is 10.3 Å². The molecule has 0 atom stereocenters. The van der Waals surface area contributed by atoms with E-state index >= 15 is 0 Å². The molecule has 1 amide bonds. The van der Waals surface area contributed by atoms with Crippen LogP contribution in [0.4, 0.5) is 0 Å². The lowest BCUT2D eigenvalue weighted by Gasteiger charge is -2.05. The van der Waals surface area contributed by atoms with E-state index in [0.29, 0.717) is 10.8 Å². The number of benzene rings is 1. The van der Waals surface area contributed by atoms with Gasteiger partial charge >= 0.3 is 5.97 Å². The maximum Gasteiger partial charge on any atom is 0.325 e. The topological polar surface area (TPSA) is 88.3 Å². The molecule has 2 aromatic rings. The Bertz CT molecular complexity index is 706. The van der Waals surface area contributed by atoms with Crippen LogP contribution in [0.5, 0.6) is 0 Å². The van der Waals surface area contributed by atoms with Crippen molar-refractivity contribution in [3.8, 4) is 0 Å². The number of carbonyl (C=O) groups excluding carboxylic acids is 2. The molecule has 0 spiro atoms. The minimum absolute atomic E-state index is 0.109.